The second kappa shape index (κ2) is 9.72. The van der Waals surface area contributed by atoms with Gasteiger partial charge in [-0.25, -0.2) is 0 Å². The van der Waals surface area contributed by atoms with E-state index in [9.17, 15) is 0 Å². The molecule has 0 aliphatic heterocycles. The molecule has 0 N–H and O–H groups in total. The van der Waals surface area contributed by atoms with E-state index in [1.165, 1.54) is 33.4 Å². The molecule has 6 aromatic carbocycles. The lowest BCUT2D eigenvalue weighted by atomic mass is 9.89. The molecule has 0 amide bonds. The molecule has 186 valence electrons. The van der Waals surface area contributed by atoms with Crippen LogP contribution in [0.1, 0.15) is 11.1 Å². The standard InChI is InChI=1S/C36H30O2/c1-23-5-9-25(10-6-23)29-15-13-27-17-19-33(37-3)35(31(27)21-29)36-32-22-30(26-11-7-24(2)8-12-26)16-14-28(32)18-20-34(36)38-4/h5-22H,1-4H3. The smallest absolute Gasteiger partial charge is 0.127 e. The van der Waals surface area contributed by atoms with Crippen molar-refractivity contribution in [3.05, 3.63) is 120 Å². The normalized spacial score (nSPS) is 11.2. The Labute approximate surface area is 224 Å². The van der Waals surface area contributed by atoms with Gasteiger partial charge in [0.2, 0.25) is 0 Å². The van der Waals surface area contributed by atoms with Gasteiger partial charge in [0, 0.05) is 11.1 Å². The van der Waals surface area contributed by atoms with Gasteiger partial charge in [-0.15, -0.1) is 0 Å². The fourth-order valence-electron chi connectivity index (χ4n) is 5.31. The van der Waals surface area contributed by atoms with Gasteiger partial charge in [-0.05, 0) is 81.9 Å². The number of methoxy groups -OCH3 is 2. The number of aryl methyl sites for hydroxylation is 2. The third-order valence-electron chi connectivity index (χ3n) is 7.43. The van der Waals surface area contributed by atoms with Gasteiger partial charge in [0.15, 0.2) is 0 Å². The summed E-state index contributed by atoms with van der Waals surface area (Å²) >= 11 is 0. The van der Waals surface area contributed by atoms with Crippen molar-refractivity contribution in [3.8, 4) is 44.9 Å². The summed E-state index contributed by atoms with van der Waals surface area (Å²) in [6.45, 7) is 4.23. The molecule has 0 aromatic heterocycles. The Balaban J connectivity index is 1.66. The summed E-state index contributed by atoms with van der Waals surface area (Å²) in [5.41, 5.74) is 9.32. The predicted molar refractivity (Wildman–Crippen MR) is 160 cm³/mol. The Hall–Kier alpha value is -4.56. The molecule has 6 rings (SSSR count). The van der Waals surface area contributed by atoms with Gasteiger partial charge in [0.1, 0.15) is 11.5 Å². The van der Waals surface area contributed by atoms with E-state index in [0.29, 0.717) is 0 Å². The molecule has 0 saturated carbocycles. The van der Waals surface area contributed by atoms with E-state index < -0.39 is 0 Å². The first-order valence-corrected chi connectivity index (χ1v) is 12.9. The van der Waals surface area contributed by atoms with E-state index in [1.807, 2.05) is 0 Å². The fraction of sp³-hybridized carbons (Fsp3) is 0.111. The molecule has 0 radical (unpaired) electrons. The minimum Gasteiger partial charge on any atom is -0.496 e. The molecule has 6 aromatic rings. The number of hydrogen-bond donors (Lipinski definition) is 0. The molecule has 0 heterocycles. The molecule has 0 fully saturated rings. The molecule has 0 aliphatic rings. The summed E-state index contributed by atoms with van der Waals surface area (Å²) in [7, 11) is 3.48. The van der Waals surface area contributed by atoms with Crippen LogP contribution in [0.25, 0.3) is 54.9 Å². The number of rotatable bonds is 5. The third kappa shape index (κ3) is 4.18. The number of fused-ring (bicyclic) bond motifs is 2. The van der Waals surface area contributed by atoms with E-state index >= 15 is 0 Å². The van der Waals surface area contributed by atoms with E-state index in [-0.39, 0.29) is 0 Å². The van der Waals surface area contributed by atoms with Crippen molar-refractivity contribution in [2.75, 3.05) is 14.2 Å². The molecule has 2 heteroatoms. The second-order valence-electron chi connectivity index (χ2n) is 9.89. The Morgan fingerprint density at radius 1 is 0.395 bits per heavy atom. The van der Waals surface area contributed by atoms with Gasteiger partial charge in [-0.1, -0.05) is 96.1 Å². The number of benzene rings is 6. The zero-order chi connectivity index (χ0) is 26.2. The van der Waals surface area contributed by atoms with Crippen molar-refractivity contribution in [1.29, 1.82) is 0 Å². The summed E-state index contributed by atoms with van der Waals surface area (Å²) in [6, 6.07) is 39.1. The molecule has 0 spiro atoms. The van der Waals surface area contributed by atoms with Gasteiger partial charge in [0.05, 0.1) is 14.2 Å². The Bertz CT molecular complexity index is 1640. The first-order valence-electron chi connectivity index (χ1n) is 12.9. The first-order chi connectivity index (χ1) is 18.6. The highest BCUT2D eigenvalue weighted by atomic mass is 16.5. The van der Waals surface area contributed by atoms with Crippen molar-refractivity contribution in [1.82, 2.24) is 0 Å². The van der Waals surface area contributed by atoms with Crippen molar-refractivity contribution >= 4 is 21.5 Å². The number of hydrogen-bond acceptors (Lipinski definition) is 2. The van der Waals surface area contributed by atoms with Crippen molar-refractivity contribution in [3.63, 3.8) is 0 Å². The van der Waals surface area contributed by atoms with Crippen LogP contribution in [-0.2, 0) is 0 Å². The van der Waals surface area contributed by atoms with Crippen molar-refractivity contribution in [2.45, 2.75) is 13.8 Å². The first kappa shape index (κ1) is 23.8. The van der Waals surface area contributed by atoms with Crippen LogP contribution in [0.4, 0.5) is 0 Å². The van der Waals surface area contributed by atoms with Crippen LogP contribution in [0, 0.1) is 13.8 Å². The van der Waals surface area contributed by atoms with E-state index in [1.54, 1.807) is 14.2 Å². The summed E-state index contributed by atoms with van der Waals surface area (Å²) in [4.78, 5) is 0. The highest BCUT2D eigenvalue weighted by molar-refractivity contribution is 6.11. The quantitative estimate of drug-likeness (QED) is 0.237. The SMILES string of the molecule is COc1ccc2ccc(-c3ccc(C)cc3)cc2c1-c1c(OC)ccc2ccc(-c3ccc(C)cc3)cc12. The summed E-state index contributed by atoms with van der Waals surface area (Å²) in [6.07, 6.45) is 0. The average Bonchev–Trinajstić information content (AvgIpc) is 2.96. The number of ether oxygens (including phenoxy) is 2. The lowest BCUT2D eigenvalue weighted by molar-refractivity contribution is 0.411. The van der Waals surface area contributed by atoms with Gasteiger partial charge in [-0.3, -0.25) is 0 Å². The van der Waals surface area contributed by atoms with E-state index in [0.717, 1.165) is 44.2 Å². The molecule has 0 saturated heterocycles. The predicted octanol–water partition coefficient (Wildman–Crippen LogP) is 9.63. The minimum atomic E-state index is 0.824. The molecule has 0 atom stereocenters. The fourth-order valence-corrected chi connectivity index (χ4v) is 5.31. The zero-order valence-electron chi connectivity index (χ0n) is 22.2. The lowest BCUT2D eigenvalue weighted by Gasteiger charge is -2.19. The third-order valence-corrected chi connectivity index (χ3v) is 7.43. The van der Waals surface area contributed by atoms with Crippen LogP contribution in [0.3, 0.4) is 0 Å². The minimum absolute atomic E-state index is 0.824. The Morgan fingerprint density at radius 2 is 0.737 bits per heavy atom. The maximum Gasteiger partial charge on any atom is 0.127 e. The van der Waals surface area contributed by atoms with Crippen LogP contribution in [0.2, 0.25) is 0 Å². The maximum atomic E-state index is 5.99. The van der Waals surface area contributed by atoms with E-state index in [4.69, 9.17) is 9.47 Å². The molecular formula is C36H30O2. The van der Waals surface area contributed by atoms with E-state index in [2.05, 4.69) is 123 Å². The zero-order valence-corrected chi connectivity index (χ0v) is 22.2. The van der Waals surface area contributed by atoms with Crippen molar-refractivity contribution in [2.24, 2.45) is 0 Å². The molecule has 0 unspecified atom stereocenters. The summed E-state index contributed by atoms with van der Waals surface area (Å²) in [5, 5.41) is 4.58. The summed E-state index contributed by atoms with van der Waals surface area (Å²) < 4.78 is 12.0. The van der Waals surface area contributed by atoms with Crippen LogP contribution in [-0.4, -0.2) is 14.2 Å². The van der Waals surface area contributed by atoms with Gasteiger partial charge in [-0.2, -0.15) is 0 Å². The molecule has 2 nitrogen and oxygen atoms in total. The largest absolute Gasteiger partial charge is 0.496 e. The Morgan fingerprint density at radius 3 is 1.11 bits per heavy atom. The molecular weight excluding hydrogens is 464 g/mol. The van der Waals surface area contributed by atoms with Crippen LogP contribution < -0.4 is 9.47 Å². The van der Waals surface area contributed by atoms with Crippen LogP contribution in [0.5, 0.6) is 11.5 Å². The highest BCUT2D eigenvalue weighted by Crippen LogP contribution is 2.46. The maximum absolute atomic E-state index is 5.99. The van der Waals surface area contributed by atoms with Gasteiger partial charge < -0.3 is 9.47 Å². The van der Waals surface area contributed by atoms with Crippen molar-refractivity contribution < 1.29 is 9.47 Å². The molecule has 38 heavy (non-hydrogen) atoms. The van der Waals surface area contributed by atoms with Crippen LogP contribution >= 0.6 is 0 Å². The second-order valence-corrected chi connectivity index (χ2v) is 9.89. The topological polar surface area (TPSA) is 18.5 Å². The molecule has 0 aliphatic carbocycles. The van der Waals surface area contributed by atoms with Gasteiger partial charge >= 0.3 is 0 Å². The highest BCUT2D eigenvalue weighted by Gasteiger charge is 2.19. The monoisotopic (exact) mass is 494 g/mol. The lowest BCUT2D eigenvalue weighted by Crippen LogP contribution is -1.95. The molecule has 0 bridgehead atoms. The Kier molecular flexibility index (Phi) is 6.09. The van der Waals surface area contributed by atoms with Crippen LogP contribution in [0.15, 0.2) is 109 Å². The summed E-state index contributed by atoms with van der Waals surface area (Å²) in [5.74, 6) is 1.65. The van der Waals surface area contributed by atoms with Gasteiger partial charge in [0.25, 0.3) is 0 Å². The average molecular weight is 495 g/mol.